The van der Waals surface area contributed by atoms with E-state index in [2.05, 4.69) is 37.5 Å². The van der Waals surface area contributed by atoms with Crippen LogP contribution in [-0.2, 0) is 0 Å². The van der Waals surface area contributed by atoms with Crippen molar-refractivity contribution in [1.82, 2.24) is 25.7 Å². The highest BCUT2D eigenvalue weighted by molar-refractivity contribution is 7.18. The van der Waals surface area contributed by atoms with Crippen LogP contribution >= 0.6 is 22.9 Å². The fraction of sp³-hybridized carbons (Fsp3) is 0.389. The van der Waals surface area contributed by atoms with Crippen LogP contribution in [-0.4, -0.2) is 46.1 Å². The minimum Gasteiger partial charge on any atom is -0.346 e. The lowest BCUT2D eigenvalue weighted by atomic mass is 9.95. The molecule has 134 valence electrons. The molecule has 2 aromatic heterocycles. The summed E-state index contributed by atoms with van der Waals surface area (Å²) in [6.07, 6.45) is 3.64. The molecule has 6 nitrogen and oxygen atoms in total. The highest BCUT2D eigenvalue weighted by atomic mass is 35.5. The van der Waals surface area contributed by atoms with Gasteiger partial charge in [-0.15, -0.1) is 10.2 Å². The van der Waals surface area contributed by atoms with Crippen molar-refractivity contribution in [3.8, 4) is 21.7 Å². The zero-order chi connectivity index (χ0) is 17.7. The topological polar surface area (TPSA) is 69.7 Å². The van der Waals surface area contributed by atoms with Crippen molar-refractivity contribution in [3.63, 3.8) is 0 Å². The molecule has 1 unspecified atom stereocenters. The number of hydrogen-bond acceptors (Lipinski definition) is 6. The van der Waals surface area contributed by atoms with E-state index in [1.54, 1.807) is 17.5 Å². The molecule has 2 aliphatic rings. The summed E-state index contributed by atoms with van der Waals surface area (Å²) in [6.45, 7) is 5.50. The Hall–Kier alpha value is -1.96. The fourth-order valence-corrected chi connectivity index (χ4v) is 5.28. The van der Waals surface area contributed by atoms with E-state index in [-0.39, 0.29) is 0 Å². The quantitative estimate of drug-likeness (QED) is 0.722. The second-order valence-corrected chi connectivity index (χ2v) is 8.46. The molecule has 2 fully saturated rings. The summed E-state index contributed by atoms with van der Waals surface area (Å²) < 4.78 is 0. The Morgan fingerprint density at radius 2 is 2.15 bits per heavy atom. The number of halogens is 1. The summed E-state index contributed by atoms with van der Waals surface area (Å²) in [5.74, 6) is 1.43. The van der Waals surface area contributed by atoms with Gasteiger partial charge in [0.15, 0.2) is 5.01 Å². The monoisotopic (exact) mass is 386 g/mol. The maximum atomic E-state index is 6.53. The molecular weight excluding hydrogens is 368 g/mol. The first-order valence-corrected chi connectivity index (χ1v) is 9.99. The second-order valence-electron chi connectivity index (χ2n) is 7.10. The van der Waals surface area contributed by atoms with E-state index < -0.39 is 0 Å². The Labute approximate surface area is 160 Å². The minimum atomic E-state index is 0.585. The lowest BCUT2D eigenvalue weighted by Gasteiger charge is -2.17. The van der Waals surface area contributed by atoms with Gasteiger partial charge in [0.1, 0.15) is 0 Å². The van der Waals surface area contributed by atoms with E-state index >= 15 is 0 Å². The second kappa shape index (κ2) is 6.33. The largest absolute Gasteiger partial charge is 0.346 e. The van der Waals surface area contributed by atoms with Crippen LogP contribution in [0.15, 0.2) is 30.6 Å². The lowest BCUT2D eigenvalue weighted by molar-refractivity contribution is 0.464. The molecule has 0 aliphatic carbocycles. The average Bonchev–Trinajstić information content (AvgIpc) is 3.41. The Balaban J connectivity index is 1.39. The van der Waals surface area contributed by atoms with Gasteiger partial charge in [-0.3, -0.25) is 5.10 Å². The number of anilines is 1. The molecule has 0 bridgehead atoms. The zero-order valence-electron chi connectivity index (χ0n) is 14.3. The van der Waals surface area contributed by atoms with Gasteiger partial charge in [0.2, 0.25) is 5.13 Å². The summed E-state index contributed by atoms with van der Waals surface area (Å²) in [5, 5.41) is 21.8. The Kier molecular flexibility index (Phi) is 3.95. The first-order chi connectivity index (χ1) is 12.7. The third-order valence-corrected chi connectivity index (χ3v) is 6.88. The first-order valence-electron chi connectivity index (χ1n) is 8.80. The summed E-state index contributed by atoms with van der Waals surface area (Å²) in [4.78, 5) is 2.38. The molecule has 0 amide bonds. The van der Waals surface area contributed by atoms with Crippen LogP contribution in [0.4, 0.5) is 5.13 Å². The molecule has 2 aliphatic heterocycles. The molecule has 2 saturated heterocycles. The summed E-state index contributed by atoms with van der Waals surface area (Å²) >= 11 is 8.15. The van der Waals surface area contributed by atoms with Crippen molar-refractivity contribution in [2.24, 2.45) is 11.8 Å². The van der Waals surface area contributed by atoms with E-state index in [1.165, 1.54) is 0 Å². The van der Waals surface area contributed by atoms with Gasteiger partial charge in [0.25, 0.3) is 0 Å². The number of aromatic amines is 1. The third kappa shape index (κ3) is 2.71. The lowest BCUT2D eigenvalue weighted by Crippen LogP contribution is -2.30. The molecule has 2 N–H and O–H groups in total. The number of H-pyrrole nitrogens is 1. The van der Waals surface area contributed by atoms with Crippen LogP contribution in [0, 0.1) is 11.8 Å². The van der Waals surface area contributed by atoms with Gasteiger partial charge < -0.3 is 10.2 Å². The summed E-state index contributed by atoms with van der Waals surface area (Å²) in [7, 11) is 0. The first kappa shape index (κ1) is 16.2. The zero-order valence-corrected chi connectivity index (χ0v) is 15.9. The predicted octanol–water partition coefficient (Wildman–Crippen LogP) is 3.29. The van der Waals surface area contributed by atoms with E-state index in [9.17, 15) is 0 Å². The third-order valence-electron chi connectivity index (χ3n) is 5.55. The van der Waals surface area contributed by atoms with Gasteiger partial charge in [-0.05, 0) is 36.5 Å². The fourth-order valence-electron chi connectivity index (χ4n) is 4.05. The number of fused-ring (bicyclic) bond motifs is 1. The minimum absolute atomic E-state index is 0.585. The van der Waals surface area contributed by atoms with Crippen LogP contribution in [0.25, 0.3) is 21.7 Å². The molecule has 3 atom stereocenters. The Morgan fingerprint density at radius 1 is 1.23 bits per heavy atom. The molecule has 0 saturated carbocycles. The molecule has 1 aromatic carbocycles. The van der Waals surface area contributed by atoms with E-state index in [4.69, 9.17) is 11.6 Å². The molecule has 26 heavy (non-hydrogen) atoms. The van der Waals surface area contributed by atoms with Crippen LogP contribution in [0.2, 0.25) is 5.02 Å². The molecule has 8 heteroatoms. The van der Waals surface area contributed by atoms with Gasteiger partial charge in [0.05, 0.1) is 11.2 Å². The Morgan fingerprint density at radius 3 is 2.92 bits per heavy atom. The predicted molar refractivity (Wildman–Crippen MR) is 105 cm³/mol. The van der Waals surface area contributed by atoms with Crippen molar-refractivity contribution in [2.45, 2.75) is 13.0 Å². The SMILES string of the molecule is CC1NC[C@H]2CN(c3nnc(-c4ccc(-c5cn[nH]c5)cc4Cl)s3)C[C@H]12. The highest BCUT2D eigenvalue weighted by Gasteiger charge is 2.41. The number of benzene rings is 1. The normalized spacial score (nSPS) is 25.0. The van der Waals surface area contributed by atoms with Crippen LogP contribution < -0.4 is 10.2 Å². The van der Waals surface area contributed by atoms with Gasteiger partial charge in [0, 0.05) is 43.0 Å². The summed E-state index contributed by atoms with van der Waals surface area (Å²) in [6, 6.07) is 6.60. The van der Waals surface area contributed by atoms with E-state index in [1.807, 2.05) is 24.4 Å². The maximum Gasteiger partial charge on any atom is 0.208 e. The molecule has 0 spiro atoms. The van der Waals surface area contributed by atoms with E-state index in [0.29, 0.717) is 17.0 Å². The van der Waals surface area contributed by atoms with Crippen LogP contribution in [0.3, 0.4) is 0 Å². The molecule has 4 heterocycles. The smallest absolute Gasteiger partial charge is 0.208 e. The highest BCUT2D eigenvalue weighted by Crippen LogP contribution is 2.39. The van der Waals surface area contributed by atoms with Gasteiger partial charge in [-0.2, -0.15) is 5.10 Å². The van der Waals surface area contributed by atoms with Crippen LogP contribution in [0.5, 0.6) is 0 Å². The van der Waals surface area contributed by atoms with Crippen molar-refractivity contribution in [3.05, 3.63) is 35.6 Å². The average molecular weight is 387 g/mol. The number of aromatic nitrogens is 4. The molecule has 5 rings (SSSR count). The van der Waals surface area contributed by atoms with Crippen molar-refractivity contribution in [1.29, 1.82) is 0 Å². The van der Waals surface area contributed by atoms with Gasteiger partial charge >= 0.3 is 0 Å². The number of nitrogens with zero attached hydrogens (tertiary/aromatic N) is 4. The number of nitrogens with one attached hydrogen (secondary N) is 2. The molecule has 0 radical (unpaired) electrons. The van der Waals surface area contributed by atoms with Crippen LogP contribution in [0.1, 0.15) is 6.92 Å². The van der Waals surface area contributed by atoms with Crippen molar-refractivity contribution in [2.75, 3.05) is 24.5 Å². The Bertz CT molecular complexity index is 924. The number of rotatable bonds is 3. The van der Waals surface area contributed by atoms with E-state index in [0.717, 1.165) is 52.4 Å². The molecular formula is C18H19ClN6S. The maximum absolute atomic E-state index is 6.53. The van der Waals surface area contributed by atoms with Crippen molar-refractivity contribution >= 4 is 28.1 Å². The van der Waals surface area contributed by atoms with Gasteiger partial charge in [-0.1, -0.05) is 29.0 Å². The van der Waals surface area contributed by atoms with Crippen molar-refractivity contribution < 1.29 is 0 Å². The molecule has 3 aromatic rings. The summed E-state index contributed by atoms with van der Waals surface area (Å²) in [5.41, 5.74) is 2.98. The number of hydrogen-bond donors (Lipinski definition) is 2. The standard InChI is InChI=1S/C18H19ClN6S/c1-10-15-9-25(8-13(15)5-20-10)18-24-23-17(26-18)14-3-2-11(4-16(14)19)12-6-21-22-7-12/h2-4,6-7,10,13,15,20H,5,8-9H2,1H3,(H,21,22)/t10?,13-,15+/m0/s1. The van der Waals surface area contributed by atoms with Gasteiger partial charge in [-0.25, -0.2) is 0 Å².